The van der Waals surface area contributed by atoms with Gasteiger partial charge in [0.05, 0.1) is 16.7 Å². The average molecular weight is 1290 g/mol. The molecule has 0 fully saturated rings. The summed E-state index contributed by atoms with van der Waals surface area (Å²) >= 11 is 5.71. The van der Waals surface area contributed by atoms with Crippen LogP contribution in [0.15, 0.2) is 273 Å². The van der Waals surface area contributed by atoms with Gasteiger partial charge >= 0.3 is 0 Å². The third kappa shape index (κ3) is 10.8. The highest BCUT2D eigenvalue weighted by molar-refractivity contribution is 7.27. The maximum Gasteiger partial charge on any atom is 0.230 e. The summed E-state index contributed by atoms with van der Waals surface area (Å²) in [5, 5.41) is 16.0. The van der Waals surface area contributed by atoms with E-state index in [4.69, 9.17) is 0 Å². The van der Waals surface area contributed by atoms with Gasteiger partial charge in [-0.05, 0) is 179 Å². The van der Waals surface area contributed by atoms with E-state index in [1.807, 2.05) is 34.0 Å². The van der Waals surface area contributed by atoms with Crippen molar-refractivity contribution in [2.24, 2.45) is 21.1 Å². The Morgan fingerprint density at radius 2 is 0.562 bits per heavy atom. The normalized spacial score (nSPS) is 11.6. The van der Waals surface area contributed by atoms with Crippen LogP contribution in [-0.2, 0) is 21.1 Å². The van der Waals surface area contributed by atoms with Crippen molar-refractivity contribution in [3.63, 3.8) is 0 Å². The van der Waals surface area contributed by atoms with Gasteiger partial charge in [0, 0.05) is 64.6 Å². The Bertz CT molecular complexity index is 6110. The minimum atomic E-state index is 1.26. The Hall–Kier alpha value is -10.5. The number of hydrogen-bond donors (Lipinski definition) is 0. The molecular formula is C90H72N3S3+3. The number of aryl methyl sites for hydroxylation is 9. The molecule has 18 rings (SSSR count). The van der Waals surface area contributed by atoms with Crippen LogP contribution in [-0.4, -0.2) is 0 Å². The molecule has 0 aliphatic carbocycles. The molecule has 6 heteroatoms. The molecule has 18 aromatic rings. The number of thiophene rings is 3. The van der Waals surface area contributed by atoms with E-state index in [2.05, 4.69) is 350 Å². The van der Waals surface area contributed by atoms with E-state index in [-0.39, 0.29) is 0 Å². The first-order valence-corrected chi connectivity index (χ1v) is 35.5. The van der Waals surface area contributed by atoms with Gasteiger partial charge in [-0.1, -0.05) is 199 Å². The van der Waals surface area contributed by atoms with Crippen molar-refractivity contribution in [2.75, 3.05) is 0 Å². The summed E-state index contributed by atoms with van der Waals surface area (Å²) < 4.78 is 14.9. The van der Waals surface area contributed by atoms with Gasteiger partial charge in [-0.2, -0.15) is 13.7 Å². The molecule has 0 bridgehead atoms. The van der Waals surface area contributed by atoms with Crippen molar-refractivity contribution in [2.45, 2.75) is 41.5 Å². The predicted molar refractivity (Wildman–Crippen MR) is 415 cm³/mol. The maximum atomic E-state index is 2.33. The number of aromatic nitrogens is 3. The number of nitrogens with zero attached hydrogens (tertiary/aromatic N) is 3. The molecular weight excluding hydrogens is 1220 g/mol. The minimum Gasteiger partial charge on any atom is -0.200 e. The lowest BCUT2D eigenvalue weighted by molar-refractivity contribution is -0.659. The molecule has 96 heavy (non-hydrogen) atoms. The standard InChI is InChI=1S/C31H26NS.C30H24NS.C29H22NS/c1-19-5-8-22(9-6-19)23-10-13-26-24(18-23)11-14-28-29(26)27-15-16-32(4)30(31(27)33-28)25-12-7-20(2)17-21(25)3;1-19-8-10-21(11-9-19)22-12-14-25-23(18-22)13-15-27-28(25)26-16-17-31(3)29(30(26)32-27)24-7-5-4-6-20(24)2;1-19-8-6-7-11-23(19)28-29-25(16-17-30(28)2)27-24-14-12-21(20-9-4-3-5-10-20)18-22(24)13-15-26(27)31-29/h5-18H,1-4H3;4-18H,1-3H3;3-18H,1-2H3/q3*+1. The van der Waals surface area contributed by atoms with Crippen LogP contribution in [0.1, 0.15) is 33.4 Å². The van der Waals surface area contributed by atoms with Crippen LogP contribution in [0.5, 0.6) is 0 Å². The van der Waals surface area contributed by atoms with E-state index in [9.17, 15) is 0 Å². The van der Waals surface area contributed by atoms with Crippen molar-refractivity contribution < 1.29 is 13.7 Å². The largest absolute Gasteiger partial charge is 0.230 e. The van der Waals surface area contributed by atoms with E-state index in [1.165, 1.54) is 193 Å². The second-order valence-corrected chi connectivity index (χ2v) is 29.2. The average Bonchev–Trinajstić information content (AvgIpc) is 1.58. The van der Waals surface area contributed by atoms with Gasteiger partial charge in [0.1, 0.15) is 35.2 Å². The number of pyridine rings is 3. The van der Waals surface area contributed by atoms with Gasteiger partial charge in [-0.15, -0.1) is 34.0 Å². The second-order valence-electron chi connectivity index (χ2n) is 26.0. The topological polar surface area (TPSA) is 11.6 Å². The Morgan fingerprint density at radius 1 is 0.240 bits per heavy atom. The van der Waals surface area contributed by atoms with Crippen LogP contribution in [0.4, 0.5) is 0 Å². The highest BCUT2D eigenvalue weighted by Gasteiger charge is 2.25. The lowest BCUT2D eigenvalue weighted by atomic mass is 9.97. The first kappa shape index (κ1) is 60.5. The van der Waals surface area contributed by atoms with Crippen molar-refractivity contribution in [1.82, 2.24) is 0 Å². The zero-order valence-electron chi connectivity index (χ0n) is 55.5. The van der Waals surface area contributed by atoms with Crippen LogP contribution in [0, 0.1) is 41.5 Å². The summed E-state index contributed by atoms with van der Waals surface area (Å²) in [6.07, 6.45) is 6.62. The van der Waals surface area contributed by atoms with Gasteiger partial charge in [0.2, 0.25) is 17.1 Å². The summed E-state index contributed by atoms with van der Waals surface area (Å²) in [7, 11) is 6.46. The first-order chi connectivity index (χ1) is 46.8. The maximum absolute atomic E-state index is 2.33. The monoisotopic (exact) mass is 1290 g/mol. The number of benzene rings is 12. The molecule has 6 aromatic heterocycles. The Labute approximate surface area is 573 Å². The van der Waals surface area contributed by atoms with Crippen LogP contribution >= 0.6 is 34.0 Å². The molecule has 0 spiro atoms. The van der Waals surface area contributed by atoms with Crippen molar-refractivity contribution in [3.05, 3.63) is 307 Å². The van der Waals surface area contributed by atoms with E-state index >= 15 is 0 Å². The van der Waals surface area contributed by atoms with Crippen LogP contribution in [0.25, 0.3) is 160 Å². The van der Waals surface area contributed by atoms with E-state index in [0.717, 1.165) is 0 Å². The van der Waals surface area contributed by atoms with Gasteiger partial charge in [0.15, 0.2) is 18.6 Å². The van der Waals surface area contributed by atoms with Gasteiger partial charge in [-0.25, -0.2) is 0 Å². The fourth-order valence-electron chi connectivity index (χ4n) is 14.5. The summed E-state index contributed by atoms with van der Waals surface area (Å²) in [6.45, 7) is 13.0. The Morgan fingerprint density at radius 3 is 0.927 bits per heavy atom. The van der Waals surface area contributed by atoms with Crippen LogP contribution in [0.2, 0.25) is 0 Å². The lowest BCUT2D eigenvalue weighted by Crippen LogP contribution is -2.30. The second kappa shape index (κ2) is 24.7. The molecule has 0 aliphatic heterocycles. The SMILES string of the molecule is Cc1ccc(-c2ccc3c(ccc4sc5c(-c6ccc(C)cc6C)[n+](C)ccc5c43)c2)cc1.Cc1ccc(-c2ccc3c(ccc4sc5c(-c6ccccc6C)[n+](C)ccc5c43)c2)cc1.Cc1ccccc1-c1c2sc3ccc4cc(-c5ccccc5)ccc4c3c2cc[n+]1C. The summed E-state index contributed by atoms with van der Waals surface area (Å²) in [6, 6.07) is 93.6. The summed E-state index contributed by atoms with van der Waals surface area (Å²) in [4.78, 5) is 0. The molecule has 0 N–H and O–H groups in total. The number of rotatable bonds is 6. The molecule has 12 aromatic carbocycles. The zero-order chi connectivity index (χ0) is 65.5. The molecule has 0 amide bonds. The zero-order valence-corrected chi connectivity index (χ0v) is 58.0. The lowest BCUT2D eigenvalue weighted by Gasteiger charge is -2.07. The van der Waals surface area contributed by atoms with Crippen LogP contribution in [0.3, 0.4) is 0 Å². The van der Waals surface area contributed by atoms with Gasteiger partial charge in [-0.3, -0.25) is 0 Å². The number of hydrogen-bond acceptors (Lipinski definition) is 3. The molecule has 0 saturated carbocycles. The Balaban J connectivity index is 0.000000113. The van der Waals surface area contributed by atoms with E-state index < -0.39 is 0 Å². The predicted octanol–water partition coefficient (Wildman–Crippen LogP) is 23.9. The molecule has 0 unspecified atom stereocenters. The molecule has 0 radical (unpaired) electrons. The van der Waals surface area contributed by atoms with Gasteiger partial charge in [0.25, 0.3) is 0 Å². The molecule has 6 heterocycles. The highest BCUT2D eigenvalue weighted by Crippen LogP contribution is 2.46. The molecule has 3 nitrogen and oxygen atoms in total. The van der Waals surface area contributed by atoms with Crippen molar-refractivity contribution >= 4 is 127 Å². The van der Waals surface area contributed by atoms with Crippen LogP contribution < -0.4 is 13.7 Å². The van der Waals surface area contributed by atoms with Crippen molar-refractivity contribution in [3.8, 4) is 67.2 Å². The molecule has 0 aliphatic rings. The molecule has 0 saturated heterocycles. The van der Waals surface area contributed by atoms with Gasteiger partial charge < -0.3 is 0 Å². The van der Waals surface area contributed by atoms with E-state index in [0.29, 0.717) is 0 Å². The third-order valence-electron chi connectivity index (χ3n) is 19.5. The third-order valence-corrected chi connectivity index (χ3v) is 23.1. The fraction of sp³-hybridized carbons (Fsp3) is 0.100. The number of fused-ring (bicyclic) bond motifs is 15. The molecule has 0 atom stereocenters. The fourth-order valence-corrected chi connectivity index (χ4v) is 18.4. The van der Waals surface area contributed by atoms with Crippen molar-refractivity contribution in [1.29, 1.82) is 0 Å². The quantitative estimate of drug-likeness (QED) is 0.147. The summed E-state index contributed by atoms with van der Waals surface area (Å²) in [5.41, 5.74) is 23.2. The molecule has 462 valence electrons. The minimum absolute atomic E-state index is 1.26. The summed E-state index contributed by atoms with van der Waals surface area (Å²) in [5.74, 6) is 0. The Kier molecular flexibility index (Phi) is 15.6. The van der Waals surface area contributed by atoms with E-state index in [1.54, 1.807) is 0 Å². The highest BCUT2D eigenvalue weighted by atomic mass is 32.1. The first-order valence-electron chi connectivity index (χ1n) is 33.0. The smallest absolute Gasteiger partial charge is 0.200 e.